The largest absolute Gasteiger partial charge is 0.496 e. The molecule has 0 bridgehead atoms. The molecule has 2 aromatic rings. The molecule has 0 saturated heterocycles. The van der Waals surface area contributed by atoms with Gasteiger partial charge in [0.05, 0.1) is 7.11 Å². The normalized spacial score (nSPS) is 12.4. The number of hydrogen-bond acceptors (Lipinski definition) is 4. The van der Waals surface area contributed by atoms with Crippen LogP contribution < -0.4 is 10.1 Å². The monoisotopic (exact) mass is 276 g/mol. The van der Waals surface area contributed by atoms with E-state index in [0.717, 1.165) is 34.5 Å². The van der Waals surface area contributed by atoms with Gasteiger partial charge in [-0.05, 0) is 24.8 Å². The zero-order chi connectivity index (χ0) is 13.7. The summed E-state index contributed by atoms with van der Waals surface area (Å²) in [7, 11) is 1.70. The van der Waals surface area contributed by atoms with E-state index in [-0.39, 0.29) is 0 Å². The molecule has 0 radical (unpaired) electrons. The number of fused-ring (bicyclic) bond motifs is 1. The van der Waals surface area contributed by atoms with Crippen LogP contribution in [-0.2, 0) is 0 Å². The van der Waals surface area contributed by atoms with Gasteiger partial charge in [-0.15, -0.1) is 0 Å². The molecule has 0 aliphatic heterocycles. The lowest BCUT2D eigenvalue weighted by Crippen LogP contribution is -2.21. The highest BCUT2D eigenvalue weighted by molar-refractivity contribution is 7.98. The van der Waals surface area contributed by atoms with Crippen LogP contribution in [0.5, 0.6) is 5.75 Å². The first kappa shape index (κ1) is 14.0. The van der Waals surface area contributed by atoms with E-state index in [0.29, 0.717) is 6.04 Å². The van der Waals surface area contributed by atoms with Crippen molar-refractivity contribution in [2.24, 2.45) is 0 Å². The van der Waals surface area contributed by atoms with Crippen molar-refractivity contribution >= 4 is 28.4 Å². The number of methoxy groups -OCH3 is 1. The Bertz CT molecular complexity index is 545. The van der Waals surface area contributed by atoms with E-state index in [1.54, 1.807) is 7.11 Å². The minimum Gasteiger partial charge on any atom is -0.496 e. The summed E-state index contributed by atoms with van der Waals surface area (Å²) < 4.78 is 5.40. The van der Waals surface area contributed by atoms with Gasteiger partial charge in [0.15, 0.2) is 0 Å². The topological polar surface area (TPSA) is 34.2 Å². The standard InChI is InChI=1S/C15H20N2OS/c1-4-11(10-19-3)17-15-13-6-5-7-14(18-2)12(13)8-9-16-15/h5-9,11H,4,10H2,1-3H3,(H,16,17). The summed E-state index contributed by atoms with van der Waals surface area (Å²) in [6, 6.07) is 8.50. The van der Waals surface area contributed by atoms with Gasteiger partial charge < -0.3 is 10.1 Å². The van der Waals surface area contributed by atoms with Gasteiger partial charge in [-0.2, -0.15) is 11.8 Å². The molecule has 0 saturated carbocycles. The van der Waals surface area contributed by atoms with Gasteiger partial charge in [0.25, 0.3) is 0 Å². The zero-order valence-electron chi connectivity index (χ0n) is 11.6. The maximum Gasteiger partial charge on any atom is 0.134 e. The Labute approximate surface area is 118 Å². The Morgan fingerprint density at radius 2 is 2.16 bits per heavy atom. The molecule has 1 aromatic heterocycles. The third kappa shape index (κ3) is 3.13. The Morgan fingerprint density at radius 3 is 2.84 bits per heavy atom. The second kappa shape index (κ2) is 6.66. The first-order chi connectivity index (χ1) is 9.30. The highest BCUT2D eigenvalue weighted by atomic mass is 32.2. The summed E-state index contributed by atoms with van der Waals surface area (Å²) >= 11 is 1.85. The van der Waals surface area contributed by atoms with Crippen LogP contribution in [0.15, 0.2) is 30.5 Å². The molecule has 2 rings (SSSR count). The summed E-state index contributed by atoms with van der Waals surface area (Å²) in [6.07, 6.45) is 5.05. The van der Waals surface area contributed by atoms with Crippen LogP contribution in [-0.4, -0.2) is 30.1 Å². The number of benzene rings is 1. The molecule has 102 valence electrons. The quantitative estimate of drug-likeness (QED) is 0.870. The number of aromatic nitrogens is 1. The lowest BCUT2D eigenvalue weighted by atomic mass is 10.1. The Morgan fingerprint density at radius 1 is 1.32 bits per heavy atom. The van der Waals surface area contributed by atoms with Crippen molar-refractivity contribution in [3.8, 4) is 5.75 Å². The molecule has 1 unspecified atom stereocenters. The third-order valence-electron chi connectivity index (χ3n) is 3.19. The van der Waals surface area contributed by atoms with Crippen molar-refractivity contribution in [1.29, 1.82) is 0 Å². The Hall–Kier alpha value is -1.42. The van der Waals surface area contributed by atoms with E-state index in [9.17, 15) is 0 Å². The fraction of sp³-hybridized carbons (Fsp3) is 0.400. The molecular formula is C15H20N2OS. The van der Waals surface area contributed by atoms with Gasteiger partial charge in [-0.1, -0.05) is 19.1 Å². The second-order valence-corrected chi connectivity index (χ2v) is 5.33. The highest BCUT2D eigenvalue weighted by Crippen LogP contribution is 2.29. The lowest BCUT2D eigenvalue weighted by molar-refractivity contribution is 0.420. The van der Waals surface area contributed by atoms with E-state index in [2.05, 4.69) is 29.5 Å². The molecular weight excluding hydrogens is 256 g/mol. The fourth-order valence-corrected chi connectivity index (χ4v) is 2.85. The zero-order valence-corrected chi connectivity index (χ0v) is 12.5. The number of thioether (sulfide) groups is 1. The van der Waals surface area contributed by atoms with Crippen molar-refractivity contribution < 1.29 is 4.74 Å². The highest BCUT2D eigenvalue weighted by Gasteiger charge is 2.10. The van der Waals surface area contributed by atoms with Crippen LogP contribution in [0.2, 0.25) is 0 Å². The van der Waals surface area contributed by atoms with Gasteiger partial charge >= 0.3 is 0 Å². The Kier molecular flexibility index (Phi) is 4.91. The number of anilines is 1. The smallest absolute Gasteiger partial charge is 0.134 e. The Balaban J connectivity index is 2.38. The molecule has 1 heterocycles. The predicted octanol–water partition coefficient (Wildman–Crippen LogP) is 3.80. The maximum absolute atomic E-state index is 5.40. The number of pyridine rings is 1. The molecule has 1 aromatic carbocycles. The van der Waals surface area contributed by atoms with Gasteiger partial charge in [0, 0.05) is 28.8 Å². The molecule has 0 amide bonds. The van der Waals surface area contributed by atoms with Crippen molar-refractivity contribution in [2.75, 3.05) is 24.4 Å². The maximum atomic E-state index is 5.40. The molecule has 1 atom stereocenters. The number of nitrogens with one attached hydrogen (secondary N) is 1. The minimum absolute atomic E-state index is 0.444. The van der Waals surface area contributed by atoms with Crippen molar-refractivity contribution in [3.05, 3.63) is 30.5 Å². The molecule has 0 spiro atoms. The van der Waals surface area contributed by atoms with E-state index < -0.39 is 0 Å². The summed E-state index contributed by atoms with van der Waals surface area (Å²) in [5.74, 6) is 2.91. The van der Waals surface area contributed by atoms with Crippen molar-refractivity contribution in [2.45, 2.75) is 19.4 Å². The van der Waals surface area contributed by atoms with Crippen LogP contribution in [0.4, 0.5) is 5.82 Å². The molecule has 19 heavy (non-hydrogen) atoms. The summed E-state index contributed by atoms with van der Waals surface area (Å²) in [5.41, 5.74) is 0. The van der Waals surface area contributed by atoms with E-state index in [1.165, 1.54) is 0 Å². The number of ether oxygens (including phenoxy) is 1. The summed E-state index contributed by atoms with van der Waals surface area (Å²) in [4.78, 5) is 4.48. The first-order valence-corrected chi connectivity index (χ1v) is 7.86. The van der Waals surface area contributed by atoms with E-state index in [1.807, 2.05) is 36.2 Å². The lowest BCUT2D eigenvalue weighted by Gasteiger charge is -2.18. The van der Waals surface area contributed by atoms with Gasteiger partial charge in [0.1, 0.15) is 11.6 Å². The van der Waals surface area contributed by atoms with Crippen LogP contribution in [0.1, 0.15) is 13.3 Å². The fourth-order valence-electron chi connectivity index (χ4n) is 2.13. The first-order valence-electron chi connectivity index (χ1n) is 6.47. The SMILES string of the molecule is CCC(CSC)Nc1nccc2c(OC)cccc12. The summed E-state index contributed by atoms with van der Waals surface area (Å²) in [6.45, 7) is 2.19. The number of rotatable bonds is 6. The van der Waals surface area contributed by atoms with E-state index in [4.69, 9.17) is 4.74 Å². The van der Waals surface area contributed by atoms with Crippen molar-refractivity contribution in [1.82, 2.24) is 4.98 Å². The average Bonchev–Trinajstić information content (AvgIpc) is 2.46. The van der Waals surface area contributed by atoms with Crippen LogP contribution in [0.25, 0.3) is 10.8 Å². The third-order valence-corrected chi connectivity index (χ3v) is 3.92. The number of nitrogens with zero attached hydrogens (tertiary/aromatic N) is 1. The second-order valence-electron chi connectivity index (χ2n) is 4.42. The molecule has 0 aliphatic rings. The minimum atomic E-state index is 0.444. The summed E-state index contributed by atoms with van der Waals surface area (Å²) in [5, 5.41) is 5.75. The van der Waals surface area contributed by atoms with Gasteiger partial charge in [-0.3, -0.25) is 0 Å². The molecule has 4 heteroatoms. The van der Waals surface area contributed by atoms with Gasteiger partial charge in [0.2, 0.25) is 0 Å². The van der Waals surface area contributed by atoms with Crippen LogP contribution in [0.3, 0.4) is 0 Å². The molecule has 0 aliphatic carbocycles. The predicted molar refractivity (Wildman–Crippen MR) is 84.4 cm³/mol. The molecule has 0 fully saturated rings. The van der Waals surface area contributed by atoms with E-state index >= 15 is 0 Å². The van der Waals surface area contributed by atoms with Gasteiger partial charge in [-0.25, -0.2) is 4.98 Å². The number of hydrogen-bond donors (Lipinski definition) is 1. The molecule has 3 nitrogen and oxygen atoms in total. The molecule has 1 N–H and O–H groups in total. The van der Waals surface area contributed by atoms with Crippen LogP contribution >= 0.6 is 11.8 Å². The van der Waals surface area contributed by atoms with Crippen molar-refractivity contribution in [3.63, 3.8) is 0 Å². The van der Waals surface area contributed by atoms with Crippen LogP contribution in [0, 0.1) is 0 Å². The average molecular weight is 276 g/mol.